The molecule has 2 aromatic rings. The Morgan fingerprint density at radius 3 is 2.64 bits per heavy atom. The molecule has 3 heterocycles. The minimum Gasteiger partial charge on any atom is -0.381 e. The molecule has 1 N–H and O–H groups in total. The van der Waals surface area contributed by atoms with Gasteiger partial charge in [-0.1, -0.05) is 0 Å². The highest BCUT2D eigenvalue weighted by atomic mass is 32.2. The van der Waals surface area contributed by atoms with Crippen molar-refractivity contribution in [3.63, 3.8) is 0 Å². The first-order chi connectivity index (χ1) is 17.3. The third-order valence-electron chi connectivity index (χ3n) is 7.35. The minimum absolute atomic E-state index is 0.0149. The van der Waals surface area contributed by atoms with Crippen LogP contribution >= 0.6 is 0 Å². The van der Waals surface area contributed by atoms with Crippen LogP contribution in [0.2, 0.25) is 0 Å². The number of benzene rings is 1. The molecule has 0 radical (unpaired) electrons. The van der Waals surface area contributed by atoms with E-state index in [0.29, 0.717) is 56.0 Å². The highest BCUT2D eigenvalue weighted by Crippen LogP contribution is 2.35. The third-order valence-corrected chi connectivity index (χ3v) is 9.05. The lowest BCUT2D eigenvalue weighted by Gasteiger charge is -2.37. The highest BCUT2D eigenvalue weighted by Gasteiger charge is 2.32. The second kappa shape index (κ2) is 11.3. The van der Waals surface area contributed by atoms with Crippen LogP contribution in [0, 0.1) is 0 Å². The van der Waals surface area contributed by atoms with Crippen LogP contribution < -0.4 is 5.32 Å². The van der Waals surface area contributed by atoms with Crippen LogP contribution in [0.25, 0.3) is 10.9 Å². The summed E-state index contributed by atoms with van der Waals surface area (Å²) in [6, 6.07) is 5.77. The van der Waals surface area contributed by atoms with E-state index < -0.39 is 10.0 Å². The van der Waals surface area contributed by atoms with Gasteiger partial charge in [0, 0.05) is 82.0 Å². The number of hydrogen-bond donors (Lipinski definition) is 1. The van der Waals surface area contributed by atoms with Gasteiger partial charge in [-0.2, -0.15) is 0 Å². The number of amides is 2. The van der Waals surface area contributed by atoms with E-state index in [1.807, 2.05) is 13.0 Å². The van der Waals surface area contributed by atoms with Gasteiger partial charge in [0.2, 0.25) is 15.9 Å². The van der Waals surface area contributed by atoms with Crippen LogP contribution in [-0.2, 0) is 32.5 Å². The summed E-state index contributed by atoms with van der Waals surface area (Å²) in [5, 5.41) is 3.60. The molecule has 10 heteroatoms. The summed E-state index contributed by atoms with van der Waals surface area (Å²) in [6.45, 7) is 7.60. The van der Waals surface area contributed by atoms with Gasteiger partial charge in [0.25, 0.3) is 5.91 Å². The van der Waals surface area contributed by atoms with Gasteiger partial charge in [-0.15, -0.1) is 0 Å². The van der Waals surface area contributed by atoms with Crippen molar-refractivity contribution in [2.75, 3.05) is 45.6 Å². The van der Waals surface area contributed by atoms with Crippen molar-refractivity contribution in [3.05, 3.63) is 35.0 Å². The van der Waals surface area contributed by atoms with Crippen LogP contribution in [0.15, 0.2) is 18.2 Å². The summed E-state index contributed by atoms with van der Waals surface area (Å²) in [5.74, 6) is -0.134. The van der Waals surface area contributed by atoms with E-state index in [4.69, 9.17) is 4.74 Å². The SMILES string of the molecule is CCNC(=O)CCCN(C)C(=O)c1ccc2c(c1)c1c(n2S(=O)(=O)CC)CCN(C2CCOCC2)C1. The summed E-state index contributed by atoms with van der Waals surface area (Å²) >= 11 is 0. The Bertz CT molecular complexity index is 1220. The Labute approximate surface area is 213 Å². The van der Waals surface area contributed by atoms with Gasteiger partial charge in [0.05, 0.1) is 11.3 Å². The van der Waals surface area contributed by atoms with Crippen LogP contribution in [0.3, 0.4) is 0 Å². The molecule has 2 amide bonds. The number of hydrogen-bond acceptors (Lipinski definition) is 6. The second-order valence-corrected chi connectivity index (χ2v) is 11.8. The van der Waals surface area contributed by atoms with Crippen molar-refractivity contribution in [2.24, 2.45) is 0 Å². The van der Waals surface area contributed by atoms with Gasteiger partial charge in [0.15, 0.2) is 0 Å². The smallest absolute Gasteiger partial charge is 0.253 e. The molecule has 4 rings (SSSR count). The van der Waals surface area contributed by atoms with Crippen LogP contribution in [0.4, 0.5) is 0 Å². The maximum Gasteiger partial charge on any atom is 0.253 e. The fourth-order valence-corrected chi connectivity index (χ4v) is 6.62. The number of carbonyl (C=O) groups is 2. The molecule has 1 saturated heterocycles. The van der Waals surface area contributed by atoms with Gasteiger partial charge in [-0.25, -0.2) is 12.4 Å². The minimum atomic E-state index is -3.49. The van der Waals surface area contributed by atoms with Crippen LogP contribution in [0.1, 0.15) is 61.1 Å². The number of rotatable bonds is 9. The monoisotopic (exact) mass is 518 g/mol. The Morgan fingerprint density at radius 1 is 1.19 bits per heavy atom. The average Bonchev–Trinajstić information content (AvgIpc) is 3.22. The first kappa shape index (κ1) is 26.6. The molecule has 9 nitrogen and oxygen atoms in total. The van der Waals surface area contributed by atoms with Crippen molar-refractivity contribution >= 4 is 32.7 Å². The van der Waals surface area contributed by atoms with Crippen molar-refractivity contribution in [1.29, 1.82) is 0 Å². The topological polar surface area (TPSA) is 101 Å². The number of fused-ring (bicyclic) bond motifs is 3. The summed E-state index contributed by atoms with van der Waals surface area (Å²) in [5.41, 5.74) is 3.02. The quantitative estimate of drug-likeness (QED) is 0.547. The van der Waals surface area contributed by atoms with Gasteiger partial charge >= 0.3 is 0 Å². The lowest BCUT2D eigenvalue weighted by Crippen LogP contribution is -2.42. The number of ether oxygens (including phenoxy) is 1. The van der Waals surface area contributed by atoms with E-state index in [0.717, 1.165) is 49.2 Å². The largest absolute Gasteiger partial charge is 0.381 e. The molecule has 1 fully saturated rings. The summed E-state index contributed by atoms with van der Waals surface area (Å²) in [4.78, 5) is 29.0. The molecule has 36 heavy (non-hydrogen) atoms. The summed E-state index contributed by atoms with van der Waals surface area (Å²) < 4.78 is 33.3. The van der Waals surface area contributed by atoms with Crippen molar-refractivity contribution < 1.29 is 22.7 Å². The fourth-order valence-electron chi connectivity index (χ4n) is 5.36. The normalized spacial score (nSPS) is 17.2. The Morgan fingerprint density at radius 2 is 1.94 bits per heavy atom. The number of nitrogens with zero attached hydrogens (tertiary/aromatic N) is 3. The summed E-state index contributed by atoms with van der Waals surface area (Å²) in [7, 11) is -1.76. The van der Waals surface area contributed by atoms with Gasteiger partial charge in [-0.3, -0.25) is 14.5 Å². The van der Waals surface area contributed by atoms with Gasteiger partial charge in [0.1, 0.15) is 0 Å². The van der Waals surface area contributed by atoms with Gasteiger partial charge in [-0.05, 0) is 56.9 Å². The van der Waals surface area contributed by atoms with Crippen molar-refractivity contribution in [2.45, 2.75) is 58.5 Å². The predicted molar refractivity (Wildman–Crippen MR) is 140 cm³/mol. The molecule has 0 bridgehead atoms. The Kier molecular flexibility index (Phi) is 8.37. The zero-order valence-corrected chi connectivity index (χ0v) is 22.4. The van der Waals surface area contributed by atoms with E-state index in [2.05, 4.69) is 10.2 Å². The van der Waals surface area contributed by atoms with E-state index in [1.54, 1.807) is 31.0 Å². The molecule has 198 valence electrons. The first-order valence-corrected chi connectivity index (χ1v) is 14.6. The van der Waals surface area contributed by atoms with Crippen LogP contribution in [0.5, 0.6) is 0 Å². The molecule has 1 aromatic carbocycles. The number of aromatic nitrogens is 1. The zero-order valence-electron chi connectivity index (χ0n) is 21.6. The Hall–Kier alpha value is -2.43. The third kappa shape index (κ3) is 5.45. The summed E-state index contributed by atoms with van der Waals surface area (Å²) in [6.07, 6.45) is 3.57. The number of carbonyl (C=O) groups excluding carboxylic acids is 2. The molecule has 2 aliphatic heterocycles. The Balaban J connectivity index is 1.63. The van der Waals surface area contributed by atoms with E-state index >= 15 is 0 Å². The van der Waals surface area contributed by atoms with Crippen LogP contribution in [-0.4, -0.2) is 85.7 Å². The van der Waals surface area contributed by atoms with Crippen molar-refractivity contribution in [3.8, 4) is 0 Å². The highest BCUT2D eigenvalue weighted by molar-refractivity contribution is 7.90. The lowest BCUT2D eigenvalue weighted by atomic mass is 9.99. The molecule has 0 atom stereocenters. The second-order valence-electron chi connectivity index (χ2n) is 9.67. The predicted octanol–water partition coefficient (Wildman–Crippen LogP) is 2.36. The van der Waals surface area contributed by atoms with Crippen molar-refractivity contribution in [1.82, 2.24) is 19.1 Å². The van der Waals surface area contributed by atoms with Gasteiger partial charge < -0.3 is 15.0 Å². The molecule has 0 spiro atoms. The molecule has 0 saturated carbocycles. The first-order valence-electron chi connectivity index (χ1n) is 13.0. The molecule has 2 aliphatic rings. The maximum absolute atomic E-state index is 13.2. The average molecular weight is 519 g/mol. The standard InChI is InChI=1S/C26H38N4O5S/c1-4-27-25(31)7-6-13-28(3)26(32)19-8-9-23-21(17-19)22-18-29(20-11-15-35-16-12-20)14-10-24(22)30(23)36(33,34)5-2/h8-9,17,20H,4-7,10-16,18H2,1-3H3,(H,27,31). The lowest BCUT2D eigenvalue weighted by molar-refractivity contribution is -0.121. The number of nitrogens with one attached hydrogen (secondary N) is 1. The molecular formula is C26H38N4O5S. The molecule has 0 aliphatic carbocycles. The van der Waals surface area contributed by atoms with E-state index in [9.17, 15) is 18.0 Å². The molecular weight excluding hydrogens is 480 g/mol. The fraction of sp³-hybridized carbons (Fsp3) is 0.615. The maximum atomic E-state index is 13.2. The molecule has 1 aromatic heterocycles. The van der Waals surface area contributed by atoms with E-state index in [-0.39, 0.29) is 17.6 Å². The molecule has 0 unspecified atom stereocenters. The van der Waals surface area contributed by atoms with E-state index in [1.165, 1.54) is 3.97 Å². The zero-order chi connectivity index (χ0) is 25.9.